The van der Waals surface area contributed by atoms with Crippen LogP contribution in [-0.2, 0) is 9.84 Å². The van der Waals surface area contributed by atoms with Crippen molar-refractivity contribution in [3.63, 3.8) is 0 Å². The molecule has 1 aromatic rings. The van der Waals surface area contributed by atoms with Gasteiger partial charge in [0.1, 0.15) is 17.5 Å². The van der Waals surface area contributed by atoms with Crippen molar-refractivity contribution in [3.8, 4) is 0 Å². The van der Waals surface area contributed by atoms with Gasteiger partial charge >= 0.3 is 0 Å². The zero-order chi connectivity index (χ0) is 14.2. The van der Waals surface area contributed by atoms with Crippen LogP contribution in [0.3, 0.4) is 0 Å². The Kier molecular flexibility index (Phi) is 3.66. The molecule has 1 aliphatic heterocycles. The summed E-state index contributed by atoms with van der Waals surface area (Å²) in [7, 11) is 0.833. The molecule has 0 aliphatic carbocycles. The van der Waals surface area contributed by atoms with Crippen molar-refractivity contribution >= 4 is 21.5 Å². The number of anilines is 2. The molecule has 106 valence electrons. The van der Waals surface area contributed by atoms with Crippen molar-refractivity contribution in [3.05, 3.63) is 11.4 Å². The van der Waals surface area contributed by atoms with Gasteiger partial charge < -0.3 is 10.2 Å². The topological polar surface area (TPSA) is 75.2 Å². The number of hydrogen-bond donors (Lipinski definition) is 1. The van der Waals surface area contributed by atoms with E-state index in [1.54, 1.807) is 0 Å². The number of aryl methyl sites for hydroxylation is 1. The first-order valence-electron chi connectivity index (χ1n) is 6.30. The first-order valence-corrected chi connectivity index (χ1v) is 8.12. The summed E-state index contributed by atoms with van der Waals surface area (Å²) in [5, 5.41) is 3.04. The van der Waals surface area contributed by atoms with Crippen LogP contribution >= 0.6 is 0 Å². The maximum absolute atomic E-state index is 11.6. The van der Waals surface area contributed by atoms with Crippen molar-refractivity contribution in [2.75, 3.05) is 35.8 Å². The van der Waals surface area contributed by atoms with Crippen molar-refractivity contribution in [2.24, 2.45) is 0 Å². The van der Waals surface area contributed by atoms with E-state index in [1.807, 2.05) is 32.8 Å². The van der Waals surface area contributed by atoms with E-state index in [4.69, 9.17) is 0 Å². The normalized spacial score (nSPS) is 21.4. The molecule has 7 heteroatoms. The molecule has 0 spiro atoms. The van der Waals surface area contributed by atoms with Crippen molar-refractivity contribution in [1.29, 1.82) is 0 Å². The lowest BCUT2D eigenvalue weighted by atomic mass is 10.2. The van der Waals surface area contributed by atoms with E-state index >= 15 is 0 Å². The fraction of sp³-hybridized carbons (Fsp3) is 0.667. The fourth-order valence-electron chi connectivity index (χ4n) is 2.45. The Bertz CT molecular complexity index is 586. The molecule has 0 radical (unpaired) electrons. The summed E-state index contributed by atoms with van der Waals surface area (Å²) in [4.78, 5) is 10.7. The lowest BCUT2D eigenvalue weighted by molar-refractivity contribution is 0.600. The molecule has 1 unspecified atom stereocenters. The predicted octanol–water partition coefficient (Wildman–Crippen LogP) is 0.758. The molecular weight excluding hydrogens is 264 g/mol. The Morgan fingerprint density at radius 2 is 2.00 bits per heavy atom. The molecule has 1 aromatic heterocycles. The molecule has 2 rings (SSSR count). The van der Waals surface area contributed by atoms with Gasteiger partial charge in [-0.3, -0.25) is 0 Å². The first kappa shape index (κ1) is 14.0. The summed E-state index contributed by atoms with van der Waals surface area (Å²) < 4.78 is 23.2. The third-order valence-electron chi connectivity index (χ3n) is 3.56. The van der Waals surface area contributed by atoms with E-state index in [0.717, 1.165) is 17.2 Å². The largest absolute Gasteiger partial charge is 0.373 e. The first-order chi connectivity index (χ1) is 8.84. The van der Waals surface area contributed by atoms with Gasteiger partial charge in [0.05, 0.1) is 11.5 Å². The zero-order valence-electron chi connectivity index (χ0n) is 11.8. The van der Waals surface area contributed by atoms with Crippen LogP contribution in [0.5, 0.6) is 0 Å². The molecule has 1 fully saturated rings. The van der Waals surface area contributed by atoms with E-state index in [2.05, 4.69) is 15.3 Å². The third-order valence-corrected chi connectivity index (χ3v) is 5.31. The van der Waals surface area contributed by atoms with Crippen LogP contribution in [0.25, 0.3) is 0 Å². The summed E-state index contributed by atoms with van der Waals surface area (Å²) >= 11 is 0. The molecule has 1 N–H and O–H groups in total. The third kappa shape index (κ3) is 2.80. The average Bonchev–Trinajstić information content (AvgIpc) is 2.71. The minimum absolute atomic E-state index is 0.00251. The second kappa shape index (κ2) is 4.96. The van der Waals surface area contributed by atoms with Gasteiger partial charge in [-0.25, -0.2) is 18.4 Å². The van der Waals surface area contributed by atoms with Gasteiger partial charge in [-0.15, -0.1) is 0 Å². The molecule has 0 bridgehead atoms. The molecule has 1 aliphatic rings. The van der Waals surface area contributed by atoms with Crippen molar-refractivity contribution in [1.82, 2.24) is 9.97 Å². The number of nitrogens with zero attached hydrogens (tertiary/aromatic N) is 3. The minimum atomic E-state index is -2.89. The number of hydrogen-bond acceptors (Lipinski definition) is 6. The SMILES string of the molecule is CNc1nc(C)nc(N(C)C2CCS(=O)(=O)C2)c1C. The van der Waals surface area contributed by atoms with Crippen LogP contribution in [0, 0.1) is 13.8 Å². The van der Waals surface area contributed by atoms with E-state index in [1.165, 1.54) is 0 Å². The lowest BCUT2D eigenvalue weighted by Gasteiger charge is -2.26. The maximum atomic E-state index is 11.6. The van der Waals surface area contributed by atoms with Gasteiger partial charge in [0.15, 0.2) is 9.84 Å². The summed E-state index contributed by atoms with van der Waals surface area (Å²) in [5.41, 5.74) is 0.944. The van der Waals surface area contributed by atoms with Gasteiger partial charge in [0.25, 0.3) is 0 Å². The van der Waals surface area contributed by atoms with E-state index in [-0.39, 0.29) is 17.5 Å². The van der Waals surface area contributed by atoms with E-state index in [0.29, 0.717) is 12.2 Å². The van der Waals surface area contributed by atoms with Gasteiger partial charge in [0, 0.05) is 25.7 Å². The standard InChI is InChI=1S/C12H20N4O2S/c1-8-11(13-3)14-9(2)15-12(8)16(4)10-5-6-19(17,18)7-10/h10H,5-7H2,1-4H3,(H,13,14,15). The highest BCUT2D eigenvalue weighted by Crippen LogP contribution is 2.27. The number of aromatic nitrogens is 2. The molecule has 19 heavy (non-hydrogen) atoms. The Hall–Kier alpha value is -1.37. The highest BCUT2D eigenvalue weighted by molar-refractivity contribution is 7.91. The van der Waals surface area contributed by atoms with Gasteiger partial charge in [-0.2, -0.15) is 0 Å². The predicted molar refractivity (Wildman–Crippen MR) is 76.5 cm³/mol. The van der Waals surface area contributed by atoms with Gasteiger partial charge in [0.2, 0.25) is 0 Å². The van der Waals surface area contributed by atoms with Crippen LogP contribution < -0.4 is 10.2 Å². The summed E-state index contributed by atoms with van der Waals surface area (Å²) in [5.74, 6) is 2.75. The molecule has 0 saturated carbocycles. The zero-order valence-corrected chi connectivity index (χ0v) is 12.6. The average molecular weight is 284 g/mol. The molecule has 1 saturated heterocycles. The van der Waals surface area contributed by atoms with Gasteiger partial charge in [-0.1, -0.05) is 0 Å². The molecule has 6 nitrogen and oxygen atoms in total. The Balaban J connectivity index is 2.34. The molecular formula is C12H20N4O2S. The quantitative estimate of drug-likeness (QED) is 0.883. The number of sulfone groups is 1. The van der Waals surface area contributed by atoms with E-state index in [9.17, 15) is 8.42 Å². The maximum Gasteiger partial charge on any atom is 0.152 e. The van der Waals surface area contributed by atoms with Gasteiger partial charge in [-0.05, 0) is 20.3 Å². The van der Waals surface area contributed by atoms with Crippen molar-refractivity contribution < 1.29 is 8.42 Å². The Morgan fingerprint density at radius 1 is 1.32 bits per heavy atom. The Labute approximate surface area is 114 Å². The summed E-state index contributed by atoms with van der Waals surface area (Å²) in [6.45, 7) is 3.78. The number of rotatable bonds is 3. The van der Waals surface area contributed by atoms with Crippen LogP contribution in [0.2, 0.25) is 0 Å². The van der Waals surface area contributed by atoms with Crippen LogP contribution in [0.4, 0.5) is 11.6 Å². The second-order valence-electron chi connectivity index (χ2n) is 4.99. The highest BCUT2D eigenvalue weighted by atomic mass is 32.2. The van der Waals surface area contributed by atoms with Crippen molar-refractivity contribution in [2.45, 2.75) is 26.3 Å². The van der Waals surface area contributed by atoms with E-state index < -0.39 is 9.84 Å². The fourth-order valence-corrected chi connectivity index (χ4v) is 4.23. The van der Waals surface area contributed by atoms with Crippen LogP contribution in [-0.4, -0.2) is 50.0 Å². The second-order valence-corrected chi connectivity index (χ2v) is 7.21. The summed E-state index contributed by atoms with van der Waals surface area (Å²) in [6.07, 6.45) is 0.663. The molecule has 1 atom stereocenters. The molecule has 0 amide bonds. The lowest BCUT2D eigenvalue weighted by Crippen LogP contribution is -2.34. The summed E-state index contributed by atoms with van der Waals surface area (Å²) in [6, 6.07) is 0.00251. The van der Waals surface area contributed by atoms with Crippen LogP contribution in [0.1, 0.15) is 17.8 Å². The number of nitrogens with one attached hydrogen (secondary N) is 1. The smallest absolute Gasteiger partial charge is 0.152 e. The minimum Gasteiger partial charge on any atom is -0.373 e. The molecule has 2 heterocycles. The monoisotopic (exact) mass is 284 g/mol. The molecule has 0 aromatic carbocycles. The van der Waals surface area contributed by atoms with Crippen LogP contribution in [0.15, 0.2) is 0 Å². The highest BCUT2D eigenvalue weighted by Gasteiger charge is 2.32. The Morgan fingerprint density at radius 3 is 2.53 bits per heavy atom.